The van der Waals surface area contributed by atoms with Gasteiger partial charge in [0, 0.05) is 0 Å². The minimum Gasteiger partial charge on any atom is -0.463 e. The Balaban J connectivity index is 3.36. The summed E-state index contributed by atoms with van der Waals surface area (Å²) in [5, 5.41) is 0. The summed E-state index contributed by atoms with van der Waals surface area (Å²) in [6.07, 6.45) is 3.03. The SMILES string of the molecule is CC/C=C(\C)COC=O. The molecule has 9 heavy (non-hydrogen) atoms. The van der Waals surface area contributed by atoms with E-state index in [0.717, 1.165) is 12.0 Å². The Hall–Kier alpha value is -0.790. The standard InChI is InChI=1S/C7H12O2/c1-3-4-7(2)5-9-6-8/h4,6H,3,5H2,1-2H3/b7-4+. The van der Waals surface area contributed by atoms with Crippen LogP contribution in [0.1, 0.15) is 20.3 Å². The predicted molar refractivity (Wildman–Crippen MR) is 36.1 cm³/mol. The zero-order valence-corrected chi connectivity index (χ0v) is 5.89. The van der Waals surface area contributed by atoms with Gasteiger partial charge < -0.3 is 4.74 Å². The van der Waals surface area contributed by atoms with Gasteiger partial charge in [-0.25, -0.2) is 0 Å². The first-order valence-electron chi connectivity index (χ1n) is 3.02. The number of ether oxygens (including phenoxy) is 1. The Morgan fingerprint density at radius 2 is 2.33 bits per heavy atom. The Morgan fingerprint density at radius 1 is 1.67 bits per heavy atom. The van der Waals surface area contributed by atoms with Crippen molar-refractivity contribution in [1.29, 1.82) is 0 Å². The van der Waals surface area contributed by atoms with Gasteiger partial charge in [0.2, 0.25) is 0 Å². The van der Waals surface area contributed by atoms with Crippen molar-refractivity contribution in [1.82, 2.24) is 0 Å². The first kappa shape index (κ1) is 8.21. The fourth-order valence-corrected chi connectivity index (χ4v) is 0.573. The third-order valence-corrected chi connectivity index (χ3v) is 0.932. The van der Waals surface area contributed by atoms with Gasteiger partial charge in [-0.15, -0.1) is 0 Å². The number of hydrogen-bond donors (Lipinski definition) is 0. The molecule has 0 bridgehead atoms. The molecule has 0 radical (unpaired) electrons. The lowest BCUT2D eigenvalue weighted by molar-refractivity contribution is -0.127. The molecule has 0 amide bonds. The molecular formula is C7H12O2. The second-order valence-corrected chi connectivity index (χ2v) is 1.87. The summed E-state index contributed by atoms with van der Waals surface area (Å²) in [6.45, 7) is 4.88. The predicted octanol–water partition coefficient (Wildman–Crippen LogP) is 1.52. The highest BCUT2D eigenvalue weighted by Crippen LogP contribution is 1.93. The first-order chi connectivity index (χ1) is 4.31. The van der Waals surface area contributed by atoms with Crippen LogP contribution in [0.15, 0.2) is 11.6 Å². The maximum atomic E-state index is 9.66. The normalized spacial score (nSPS) is 11.1. The highest BCUT2D eigenvalue weighted by Gasteiger charge is 1.84. The molecule has 0 aromatic rings. The molecule has 0 rings (SSSR count). The summed E-state index contributed by atoms with van der Waals surface area (Å²) in [6, 6.07) is 0. The van der Waals surface area contributed by atoms with Gasteiger partial charge in [-0.2, -0.15) is 0 Å². The van der Waals surface area contributed by atoms with Gasteiger partial charge >= 0.3 is 0 Å². The third-order valence-electron chi connectivity index (χ3n) is 0.932. The van der Waals surface area contributed by atoms with E-state index in [2.05, 4.69) is 4.74 Å². The Kier molecular flexibility index (Phi) is 4.88. The van der Waals surface area contributed by atoms with E-state index in [1.54, 1.807) is 0 Å². The molecule has 0 spiro atoms. The first-order valence-corrected chi connectivity index (χ1v) is 3.02. The third kappa shape index (κ3) is 5.07. The van der Waals surface area contributed by atoms with Crippen LogP contribution in [-0.2, 0) is 9.53 Å². The van der Waals surface area contributed by atoms with Gasteiger partial charge in [0.25, 0.3) is 6.47 Å². The summed E-state index contributed by atoms with van der Waals surface area (Å²) in [7, 11) is 0. The molecule has 0 unspecified atom stereocenters. The largest absolute Gasteiger partial charge is 0.463 e. The van der Waals surface area contributed by atoms with Crippen LogP contribution in [0.3, 0.4) is 0 Å². The van der Waals surface area contributed by atoms with Crippen LogP contribution >= 0.6 is 0 Å². The lowest BCUT2D eigenvalue weighted by Crippen LogP contribution is -1.91. The molecule has 0 heterocycles. The van der Waals surface area contributed by atoms with E-state index < -0.39 is 0 Å². The van der Waals surface area contributed by atoms with Crippen molar-refractivity contribution in [3.8, 4) is 0 Å². The van der Waals surface area contributed by atoms with E-state index in [1.165, 1.54) is 0 Å². The molecule has 0 aliphatic rings. The van der Waals surface area contributed by atoms with Crippen LogP contribution in [0.25, 0.3) is 0 Å². The van der Waals surface area contributed by atoms with Crippen molar-refractivity contribution >= 4 is 6.47 Å². The lowest BCUT2D eigenvalue weighted by atomic mass is 10.3. The fraction of sp³-hybridized carbons (Fsp3) is 0.571. The summed E-state index contributed by atoms with van der Waals surface area (Å²) in [5.41, 5.74) is 1.10. The molecule has 52 valence electrons. The van der Waals surface area contributed by atoms with E-state index in [4.69, 9.17) is 0 Å². The minimum absolute atomic E-state index is 0.428. The van der Waals surface area contributed by atoms with Crippen molar-refractivity contribution in [3.05, 3.63) is 11.6 Å². The molecule has 2 nitrogen and oxygen atoms in total. The molecule has 0 saturated carbocycles. The molecule has 2 heteroatoms. The molecule has 0 aromatic carbocycles. The van der Waals surface area contributed by atoms with Crippen molar-refractivity contribution < 1.29 is 9.53 Å². The van der Waals surface area contributed by atoms with Crippen LogP contribution in [-0.4, -0.2) is 13.1 Å². The molecule has 0 aliphatic heterocycles. The Morgan fingerprint density at radius 3 is 2.78 bits per heavy atom. The molecule has 0 fully saturated rings. The number of carbonyl (C=O) groups excluding carboxylic acids is 1. The van der Waals surface area contributed by atoms with Gasteiger partial charge in [0.1, 0.15) is 6.61 Å². The summed E-state index contributed by atoms with van der Waals surface area (Å²) >= 11 is 0. The van der Waals surface area contributed by atoms with Gasteiger partial charge in [-0.3, -0.25) is 4.79 Å². The molecule has 0 N–H and O–H groups in total. The quantitative estimate of drug-likeness (QED) is 0.424. The average molecular weight is 128 g/mol. The second-order valence-electron chi connectivity index (χ2n) is 1.87. The average Bonchev–Trinajstić information content (AvgIpc) is 1.85. The van der Waals surface area contributed by atoms with Crippen molar-refractivity contribution in [2.75, 3.05) is 6.61 Å². The van der Waals surface area contributed by atoms with Gasteiger partial charge in [-0.05, 0) is 18.9 Å². The topological polar surface area (TPSA) is 26.3 Å². The van der Waals surface area contributed by atoms with Crippen LogP contribution < -0.4 is 0 Å². The number of hydrogen-bond acceptors (Lipinski definition) is 2. The molecular weight excluding hydrogens is 116 g/mol. The Labute approximate surface area is 55.5 Å². The van der Waals surface area contributed by atoms with Gasteiger partial charge in [0.15, 0.2) is 0 Å². The molecule has 0 aliphatic carbocycles. The van der Waals surface area contributed by atoms with E-state index in [1.807, 2.05) is 19.9 Å². The molecule has 0 atom stereocenters. The van der Waals surface area contributed by atoms with Crippen molar-refractivity contribution in [2.45, 2.75) is 20.3 Å². The maximum absolute atomic E-state index is 9.66. The second kappa shape index (κ2) is 5.35. The van der Waals surface area contributed by atoms with Crippen LogP contribution in [0.4, 0.5) is 0 Å². The van der Waals surface area contributed by atoms with Gasteiger partial charge in [-0.1, -0.05) is 13.0 Å². The van der Waals surface area contributed by atoms with Crippen LogP contribution in [0.2, 0.25) is 0 Å². The van der Waals surface area contributed by atoms with Gasteiger partial charge in [0.05, 0.1) is 0 Å². The lowest BCUT2D eigenvalue weighted by Gasteiger charge is -1.95. The summed E-state index contributed by atoms with van der Waals surface area (Å²) < 4.78 is 4.50. The summed E-state index contributed by atoms with van der Waals surface area (Å²) in [4.78, 5) is 9.66. The van der Waals surface area contributed by atoms with E-state index >= 15 is 0 Å². The molecule has 0 aromatic heterocycles. The molecule has 0 saturated heterocycles. The van der Waals surface area contributed by atoms with E-state index in [-0.39, 0.29) is 0 Å². The van der Waals surface area contributed by atoms with Crippen molar-refractivity contribution in [3.63, 3.8) is 0 Å². The monoisotopic (exact) mass is 128 g/mol. The summed E-state index contributed by atoms with van der Waals surface area (Å²) in [5.74, 6) is 0. The maximum Gasteiger partial charge on any atom is 0.293 e. The minimum atomic E-state index is 0.428. The highest BCUT2D eigenvalue weighted by atomic mass is 16.5. The smallest absolute Gasteiger partial charge is 0.293 e. The van der Waals surface area contributed by atoms with Crippen molar-refractivity contribution in [2.24, 2.45) is 0 Å². The van der Waals surface area contributed by atoms with E-state index in [9.17, 15) is 4.79 Å². The van der Waals surface area contributed by atoms with E-state index in [0.29, 0.717) is 13.1 Å². The zero-order chi connectivity index (χ0) is 7.11. The zero-order valence-electron chi connectivity index (χ0n) is 5.89. The van der Waals surface area contributed by atoms with Crippen LogP contribution in [0, 0.1) is 0 Å². The van der Waals surface area contributed by atoms with Crippen LogP contribution in [0.5, 0.6) is 0 Å². The number of carbonyl (C=O) groups is 1. The number of allylic oxidation sites excluding steroid dienone is 1. The highest BCUT2D eigenvalue weighted by molar-refractivity contribution is 5.37. The Bertz CT molecular complexity index is 105. The number of rotatable bonds is 4. The fourth-order valence-electron chi connectivity index (χ4n) is 0.573.